The van der Waals surface area contributed by atoms with Crippen LogP contribution < -0.4 is 10.2 Å². The quantitative estimate of drug-likeness (QED) is 0.388. The number of nitro benzene ring substituents is 1. The first-order valence-electron chi connectivity index (χ1n) is 10.4. The molecule has 1 aliphatic rings. The maximum atomic E-state index is 12.8. The molecule has 1 saturated heterocycles. The summed E-state index contributed by atoms with van der Waals surface area (Å²) < 4.78 is 0.939. The Hall–Kier alpha value is -3.39. The number of anilines is 2. The fourth-order valence-electron chi connectivity index (χ4n) is 3.76. The lowest BCUT2D eigenvalue weighted by Gasteiger charge is -2.36. The maximum absolute atomic E-state index is 12.8. The summed E-state index contributed by atoms with van der Waals surface area (Å²) in [5.74, 6) is 0.0195. The van der Waals surface area contributed by atoms with Crippen LogP contribution in [0.2, 0.25) is 0 Å². The van der Waals surface area contributed by atoms with Crippen molar-refractivity contribution in [3.05, 3.63) is 98.5 Å². The lowest BCUT2D eigenvalue weighted by molar-refractivity contribution is -0.384. The van der Waals surface area contributed by atoms with Gasteiger partial charge in [-0.25, -0.2) is 0 Å². The third-order valence-corrected chi connectivity index (χ3v) is 6.05. The van der Waals surface area contributed by atoms with Gasteiger partial charge < -0.3 is 15.1 Å². The summed E-state index contributed by atoms with van der Waals surface area (Å²) in [6, 6.07) is 22.3. The summed E-state index contributed by atoms with van der Waals surface area (Å²) in [4.78, 5) is 27.9. The molecule has 1 aliphatic heterocycles. The van der Waals surface area contributed by atoms with E-state index in [0.717, 1.165) is 15.7 Å². The van der Waals surface area contributed by atoms with Crippen LogP contribution in [0.3, 0.4) is 0 Å². The van der Waals surface area contributed by atoms with Crippen LogP contribution in [0.5, 0.6) is 0 Å². The number of piperazine rings is 1. The average Bonchev–Trinajstić information content (AvgIpc) is 2.83. The minimum absolute atomic E-state index is 0.0195. The topological polar surface area (TPSA) is 78.7 Å². The van der Waals surface area contributed by atoms with Crippen LogP contribution in [0.1, 0.15) is 15.9 Å². The van der Waals surface area contributed by atoms with Gasteiger partial charge in [0.05, 0.1) is 4.92 Å². The Labute approximate surface area is 194 Å². The lowest BCUT2D eigenvalue weighted by atomic mass is 10.1. The number of halogens is 1. The van der Waals surface area contributed by atoms with Crippen molar-refractivity contribution in [2.24, 2.45) is 0 Å². The van der Waals surface area contributed by atoms with Crippen molar-refractivity contribution in [2.45, 2.75) is 6.54 Å². The van der Waals surface area contributed by atoms with Gasteiger partial charge in [0.25, 0.3) is 11.6 Å². The van der Waals surface area contributed by atoms with Crippen molar-refractivity contribution >= 4 is 38.9 Å². The van der Waals surface area contributed by atoms with Gasteiger partial charge in [-0.3, -0.25) is 14.9 Å². The van der Waals surface area contributed by atoms with Gasteiger partial charge in [-0.15, -0.1) is 0 Å². The molecule has 0 saturated carbocycles. The van der Waals surface area contributed by atoms with Crippen molar-refractivity contribution in [3.63, 3.8) is 0 Å². The fraction of sp³-hybridized carbons (Fsp3) is 0.208. The van der Waals surface area contributed by atoms with Crippen LogP contribution in [0.25, 0.3) is 0 Å². The average molecular weight is 495 g/mol. The molecule has 4 rings (SSSR count). The number of rotatable bonds is 6. The number of carbonyl (C=O) groups excluding carboxylic acids is 1. The predicted octanol–water partition coefficient (Wildman–Crippen LogP) is 4.93. The number of nitrogens with zero attached hydrogens (tertiary/aromatic N) is 3. The van der Waals surface area contributed by atoms with Crippen molar-refractivity contribution in [3.8, 4) is 0 Å². The molecule has 0 bridgehead atoms. The molecule has 3 aromatic carbocycles. The largest absolute Gasteiger partial charge is 0.375 e. The molecule has 8 heteroatoms. The summed E-state index contributed by atoms with van der Waals surface area (Å²) in [5, 5.41) is 14.7. The van der Waals surface area contributed by atoms with Crippen LogP contribution in [0.15, 0.2) is 77.3 Å². The molecule has 0 radical (unpaired) electrons. The first kappa shape index (κ1) is 21.8. The standard InChI is InChI=1S/C24H23BrN4O3/c25-20-8-6-19(7-9-20)24(30)28-14-12-27(13-15-28)21-10-11-23(29(31)32)22(16-21)26-17-18-4-2-1-3-5-18/h1-11,16,26H,12-15,17H2. The molecule has 1 N–H and O–H groups in total. The van der Waals surface area contributed by atoms with Gasteiger partial charge >= 0.3 is 0 Å². The van der Waals surface area contributed by atoms with Crippen LogP contribution in [-0.4, -0.2) is 41.9 Å². The van der Waals surface area contributed by atoms with Crippen LogP contribution in [-0.2, 0) is 6.54 Å². The first-order chi connectivity index (χ1) is 15.5. The van der Waals surface area contributed by atoms with E-state index in [0.29, 0.717) is 44.0 Å². The van der Waals surface area contributed by atoms with Gasteiger partial charge in [0.15, 0.2) is 0 Å². The normalized spacial score (nSPS) is 13.7. The van der Waals surface area contributed by atoms with E-state index >= 15 is 0 Å². The smallest absolute Gasteiger partial charge is 0.292 e. The molecule has 7 nitrogen and oxygen atoms in total. The minimum Gasteiger partial charge on any atom is -0.375 e. The summed E-state index contributed by atoms with van der Waals surface area (Å²) in [7, 11) is 0. The minimum atomic E-state index is -0.369. The number of carbonyl (C=O) groups is 1. The Morgan fingerprint density at radius 2 is 1.66 bits per heavy atom. The van der Waals surface area contributed by atoms with Crippen molar-refractivity contribution in [1.29, 1.82) is 0 Å². The molecule has 1 amide bonds. The highest BCUT2D eigenvalue weighted by molar-refractivity contribution is 9.10. The molecule has 3 aromatic rings. The number of hydrogen-bond donors (Lipinski definition) is 1. The van der Waals surface area contributed by atoms with Gasteiger partial charge in [0, 0.05) is 54.5 Å². The lowest BCUT2D eigenvalue weighted by Crippen LogP contribution is -2.48. The predicted molar refractivity (Wildman–Crippen MR) is 129 cm³/mol. The van der Waals surface area contributed by atoms with Crippen LogP contribution >= 0.6 is 15.9 Å². The van der Waals surface area contributed by atoms with Gasteiger partial charge in [-0.05, 0) is 42.0 Å². The maximum Gasteiger partial charge on any atom is 0.292 e. The molecule has 0 atom stereocenters. The Kier molecular flexibility index (Phi) is 6.70. The summed E-state index contributed by atoms with van der Waals surface area (Å²) in [5.41, 5.74) is 3.16. The molecule has 0 aliphatic carbocycles. The molecule has 32 heavy (non-hydrogen) atoms. The first-order valence-corrected chi connectivity index (χ1v) is 11.2. The SMILES string of the molecule is O=C(c1ccc(Br)cc1)N1CCN(c2ccc([N+](=O)[O-])c(NCc3ccccc3)c2)CC1. The van der Waals surface area contributed by atoms with E-state index in [1.165, 1.54) is 0 Å². The van der Waals surface area contributed by atoms with Gasteiger partial charge in [0.1, 0.15) is 5.69 Å². The molecular formula is C24H23BrN4O3. The van der Waals surface area contributed by atoms with Gasteiger partial charge in [-0.2, -0.15) is 0 Å². The van der Waals surface area contributed by atoms with Crippen molar-refractivity contribution in [1.82, 2.24) is 4.90 Å². The second kappa shape index (κ2) is 9.82. The zero-order valence-electron chi connectivity index (χ0n) is 17.4. The van der Waals surface area contributed by atoms with E-state index < -0.39 is 0 Å². The molecule has 0 spiro atoms. The van der Waals surface area contributed by atoms with E-state index in [4.69, 9.17) is 0 Å². The zero-order valence-corrected chi connectivity index (χ0v) is 19.0. The number of amides is 1. The van der Waals surface area contributed by atoms with Crippen LogP contribution in [0.4, 0.5) is 17.1 Å². The molecule has 0 unspecified atom stereocenters. The van der Waals surface area contributed by atoms with Crippen LogP contribution in [0, 0.1) is 10.1 Å². The van der Waals surface area contributed by atoms with Crippen molar-refractivity contribution < 1.29 is 9.72 Å². The summed E-state index contributed by atoms with van der Waals surface area (Å²) in [6.07, 6.45) is 0. The Bertz CT molecular complexity index is 1100. The van der Waals surface area contributed by atoms with Crippen molar-refractivity contribution in [2.75, 3.05) is 36.4 Å². The molecule has 1 heterocycles. The van der Waals surface area contributed by atoms with E-state index in [9.17, 15) is 14.9 Å². The second-order valence-corrected chi connectivity index (χ2v) is 8.50. The third kappa shape index (κ3) is 5.08. The zero-order chi connectivity index (χ0) is 22.5. The Morgan fingerprint density at radius 3 is 2.31 bits per heavy atom. The number of nitro groups is 1. The van der Waals surface area contributed by atoms with Gasteiger partial charge in [-0.1, -0.05) is 46.3 Å². The second-order valence-electron chi connectivity index (χ2n) is 7.58. The molecule has 164 valence electrons. The highest BCUT2D eigenvalue weighted by Gasteiger charge is 2.24. The summed E-state index contributed by atoms with van der Waals surface area (Å²) in [6.45, 7) is 3.02. The van der Waals surface area contributed by atoms with E-state index in [1.807, 2.05) is 65.6 Å². The molecule has 1 fully saturated rings. The summed E-state index contributed by atoms with van der Waals surface area (Å²) >= 11 is 3.39. The van der Waals surface area contributed by atoms with E-state index in [2.05, 4.69) is 26.1 Å². The number of benzene rings is 3. The fourth-order valence-corrected chi connectivity index (χ4v) is 4.02. The molecular weight excluding hydrogens is 472 g/mol. The Balaban J connectivity index is 1.44. The highest BCUT2D eigenvalue weighted by Crippen LogP contribution is 2.30. The highest BCUT2D eigenvalue weighted by atomic mass is 79.9. The number of hydrogen-bond acceptors (Lipinski definition) is 5. The Morgan fingerprint density at radius 1 is 0.969 bits per heavy atom. The van der Waals surface area contributed by atoms with E-state index in [-0.39, 0.29) is 16.5 Å². The van der Waals surface area contributed by atoms with Gasteiger partial charge in [0.2, 0.25) is 0 Å². The molecule has 0 aromatic heterocycles. The monoisotopic (exact) mass is 494 g/mol. The van der Waals surface area contributed by atoms with E-state index in [1.54, 1.807) is 12.1 Å². The third-order valence-electron chi connectivity index (χ3n) is 5.53. The number of nitrogens with one attached hydrogen (secondary N) is 1.